The van der Waals surface area contributed by atoms with E-state index in [2.05, 4.69) is 9.97 Å². The highest BCUT2D eigenvalue weighted by Gasteiger charge is 2.27. The third-order valence-corrected chi connectivity index (χ3v) is 3.48. The predicted octanol–water partition coefficient (Wildman–Crippen LogP) is 1.76. The van der Waals surface area contributed by atoms with Gasteiger partial charge in [-0.2, -0.15) is 4.98 Å². The highest BCUT2D eigenvalue weighted by atomic mass is 16.5. The van der Waals surface area contributed by atoms with Crippen LogP contribution in [0.15, 0.2) is 35.2 Å². The molecule has 1 amide bonds. The third-order valence-electron chi connectivity index (χ3n) is 3.48. The minimum Gasteiger partial charge on any atom is -0.480 e. The van der Waals surface area contributed by atoms with E-state index in [0.717, 1.165) is 12.8 Å². The fraction of sp³-hybridized carbons (Fsp3) is 0.400. The summed E-state index contributed by atoms with van der Waals surface area (Å²) in [6, 6.07) is 3.37. The van der Waals surface area contributed by atoms with Crippen LogP contribution < -0.4 is 9.47 Å². The molecule has 7 heteroatoms. The summed E-state index contributed by atoms with van der Waals surface area (Å²) in [6.07, 6.45) is 6.16. The van der Waals surface area contributed by atoms with Gasteiger partial charge >= 0.3 is 0 Å². The van der Waals surface area contributed by atoms with Crippen molar-refractivity contribution in [2.24, 2.45) is 0 Å². The number of methoxy groups -OCH3 is 1. The molecule has 0 aromatic carbocycles. The number of carbonyl (C=O) groups is 1. The van der Waals surface area contributed by atoms with Crippen molar-refractivity contribution in [2.75, 3.05) is 20.2 Å². The van der Waals surface area contributed by atoms with Gasteiger partial charge in [0.15, 0.2) is 5.76 Å². The van der Waals surface area contributed by atoms with Gasteiger partial charge in [-0.15, -0.1) is 0 Å². The first-order valence-electron chi connectivity index (χ1n) is 7.12. The van der Waals surface area contributed by atoms with Crippen LogP contribution >= 0.6 is 0 Å². The fourth-order valence-electron chi connectivity index (χ4n) is 2.43. The Bertz CT molecular complexity index is 629. The van der Waals surface area contributed by atoms with Gasteiger partial charge in [-0.25, -0.2) is 0 Å². The zero-order valence-electron chi connectivity index (χ0n) is 12.3. The van der Waals surface area contributed by atoms with Crippen molar-refractivity contribution >= 4 is 5.91 Å². The van der Waals surface area contributed by atoms with E-state index >= 15 is 0 Å². The molecule has 0 spiro atoms. The van der Waals surface area contributed by atoms with Crippen molar-refractivity contribution in [3.05, 3.63) is 36.5 Å². The molecule has 22 heavy (non-hydrogen) atoms. The van der Waals surface area contributed by atoms with E-state index < -0.39 is 0 Å². The number of nitrogens with zero attached hydrogens (tertiary/aromatic N) is 3. The van der Waals surface area contributed by atoms with E-state index in [4.69, 9.17) is 13.9 Å². The molecular weight excluding hydrogens is 286 g/mol. The highest BCUT2D eigenvalue weighted by Crippen LogP contribution is 2.19. The van der Waals surface area contributed by atoms with E-state index in [1.165, 1.54) is 25.8 Å². The molecule has 3 heterocycles. The summed E-state index contributed by atoms with van der Waals surface area (Å²) < 4.78 is 16.0. The lowest BCUT2D eigenvalue weighted by Gasteiger charge is -2.32. The Morgan fingerprint density at radius 1 is 1.41 bits per heavy atom. The van der Waals surface area contributed by atoms with Crippen LogP contribution in [0.2, 0.25) is 0 Å². The van der Waals surface area contributed by atoms with Crippen LogP contribution in [-0.2, 0) is 0 Å². The van der Waals surface area contributed by atoms with Crippen molar-refractivity contribution in [3.8, 4) is 11.8 Å². The van der Waals surface area contributed by atoms with E-state index in [1.807, 2.05) is 0 Å². The molecule has 3 rings (SSSR count). The van der Waals surface area contributed by atoms with E-state index in [-0.39, 0.29) is 12.0 Å². The van der Waals surface area contributed by atoms with Gasteiger partial charge < -0.3 is 18.8 Å². The van der Waals surface area contributed by atoms with Crippen LogP contribution in [0.25, 0.3) is 0 Å². The number of amides is 1. The number of hydrogen-bond acceptors (Lipinski definition) is 6. The third kappa shape index (κ3) is 3.19. The molecule has 2 aromatic heterocycles. The predicted molar refractivity (Wildman–Crippen MR) is 76.8 cm³/mol. The summed E-state index contributed by atoms with van der Waals surface area (Å²) in [5.41, 5.74) is 0. The maximum absolute atomic E-state index is 12.3. The number of hydrogen-bond donors (Lipinski definition) is 0. The molecule has 0 unspecified atom stereocenters. The average Bonchev–Trinajstić information content (AvgIpc) is 3.09. The Hall–Kier alpha value is -2.57. The van der Waals surface area contributed by atoms with Gasteiger partial charge in [-0.3, -0.25) is 9.78 Å². The molecule has 7 nitrogen and oxygen atoms in total. The first kappa shape index (κ1) is 14.4. The number of furan rings is 1. The standard InChI is InChI=1S/C15H17N3O4/c1-20-13-8-16-9-14(17-13)22-11-4-2-6-18(10-11)15(19)12-5-3-7-21-12/h3,5,7-9,11H,2,4,6,10H2,1H3/t11-/m0/s1. The Labute approximate surface area is 127 Å². The Morgan fingerprint density at radius 2 is 2.27 bits per heavy atom. The number of ether oxygens (including phenoxy) is 2. The van der Waals surface area contributed by atoms with Crippen molar-refractivity contribution in [1.29, 1.82) is 0 Å². The fourth-order valence-corrected chi connectivity index (χ4v) is 2.43. The summed E-state index contributed by atoms with van der Waals surface area (Å²) in [4.78, 5) is 22.2. The maximum Gasteiger partial charge on any atom is 0.289 e. The Kier molecular flexibility index (Phi) is 4.22. The van der Waals surface area contributed by atoms with Crippen LogP contribution in [0.3, 0.4) is 0 Å². The number of carbonyl (C=O) groups excluding carboxylic acids is 1. The molecular formula is C15H17N3O4. The second kappa shape index (κ2) is 6.46. The topological polar surface area (TPSA) is 77.7 Å². The molecule has 0 bridgehead atoms. The molecule has 0 N–H and O–H groups in total. The molecule has 1 saturated heterocycles. The highest BCUT2D eigenvalue weighted by molar-refractivity contribution is 5.91. The monoisotopic (exact) mass is 303 g/mol. The molecule has 1 fully saturated rings. The molecule has 116 valence electrons. The van der Waals surface area contributed by atoms with Gasteiger partial charge in [-0.05, 0) is 25.0 Å². The van der Waals surface area contributed by atoms with Crippen LogP contribution in [0, 0.1) is 0 Å². The molecule has 1 aliphatic heterocycles. The first-order chi connectivity index (χ1) is 10.8. The zero-order valence-corrected chi connectivity index (χ0v) is 12.3. The van der Waals surface area contributed by atoms with Crippen LogP contribution in [-0.4, -0.2) is 47.1 Å². The molecule has 1 aliphatic rings. The molecule has 2 aromatic rings. The number of piperidine rings is 1. The van der Waals surface area contributed by atoms with Crippen LogP contribution in [0.5, 0.6) is 11.8 Å². The lowest BCUT2D eigenvalue weighted by atomic mass is 10.1. The normalized spacial score (nSPS) is 18.0. The molecule has 0 aliphatic carbocycles. The average molecular weight is 303 g/mol. The van der Waals surface area contributed by atoms with E-state index in [1.54, 1.807) is 17.0 Å². The summed E-state index contributed by atoms with van der Waals surface area (Å²) in [5, 5.41) is 0. The number of rotatable bonds is 4. The molecule has 0 radical (unpaired) electrons. The van der Waals surface area contributed by atoms with Gasteiger partial charge in [0.1, 0.15) is 6.10 Å². The summed E-state index contributed by atoms with van der Waals surface area (Å²) in [7, 11) is 1.53. The van der Waals surface area contributed by atoms with Crippen molar-refractivity contribution in [1.82, 2.24) is 14.9 Å². The second-order valence-electron chi connectivity index (χ2n) is 5.01. The SMILES string of the molecule is COc1cncc(O[C@H]2CCCN(C(=O)c3ccco3)C2)n1. The van der Waals surface area contributed by atoms with Gasteiger partial charge in [-0.1, -0.05) is 0 Å². The van der Waals surface area contributed by atoms with Crippen LogP contribution in [0.1, 0.15) is 23.4 Å². The summed E-state index contributed by atoms with van der Waals surface area (Å²) >= 11 is 0. The maximum atomic E-state index is 12.3. The Balaban J connectivity index is 1.64. The van der Waals surface area contributed by atoms with Gasteiger partial charge in [0.2, 0.25) is 11.8 Å². The van der Waals surface area contributed by atoms with Crippen molar-refractivity contribution in [2.45, 2.75) is 18.9 Å². The van der Waals surface area contributed by atoms with Gasteiger partial charge in [0, 0.05) is 6.54 Å². The minimum atomic E-state index is -0.117. The summed E-state index contributed by atoms with van der Waals surface area (Å²) in [6.45, 7) is 1.20. The van der Waals surface area contributed by atoms with E-state index in [0.29, 0.717) is 30.6 Å². The van der Waals surface area contributed by atoms with Crippen LogP contribution in [0.4, 0.5) is 0 Å². The van der Waals surface area contributed by atoms with Crippen molar-refractivity contribution < 1.29 is 18.7 Å². The first-order valence-corrected chi connectivity index (χ1v) is 7.12. The second-order valence-corrected chi connectivity index (χ2v) is 5.01. The quantitative estimate of drug-likeness (QED) is 0.856. The van der Waals surface area contributed by atoms with Gasteiger partial charge in [0.05, 0.1) is 32.3 Å². The zero-order chi connectivity index (χ0) is 15.4. The number of aromatic nitrogens is 2. The lowest BCUT2D eigenvalue weighted by molar-refractivity contribution is 0.0498. The lowest BCUT2D eigenvalue weighted by Crippen LogP contribution is -2.44. The van der Waals surface area contributed by atoms with Gasteiger partial charge in [0.25, 0.3) is 5.91 Å². The molecule has 1 atom stereocenters. The van der Waals surface area contributed by atoms with Crippen molar-refractivity contribution in [3.63, 3.8) is 0 Å². The Morgan fingerprint density at radius 3 is 3.05 bits per heavy atom. The van der Waals surface area contributed by atoms with E-state index in [9.17, 15) is 4.79 Å². The minimum absolute atomic E-state index is 0.116. The number of likely N-dealkylation sites (tertiary alicyclic amines) is 1. The molecule has 0 saturated carbocycles. The summed E-state index contributed by atoms with van der Waals surface area (Å²) in [5.74, 6) is 1.03. The largest absolute Gasteiger partial charge is 0.480 e. The smallest absolute Gasteiger partial charge is 0.289 e.